The lowest BCUT2D eigenvalue weighted by Gasteiger charge is -2.20. The summed E-state index contributed by atoms with van der Waals surface area (Å²) in [5, 5.41) is 18.6. The first-order valence-electron chi connectivity index (χ1n) is 5.87. The van der Waals surface area contributed by atoms with Crippen LogP contribution in [0.5, 0.6) is 11.5 Å². The monoisotopic (exact) mass is 253 g/mol. The van der Waals surface area contributed by atoms with E-state index in [0.29, 0.717) is 18.8 Å². The zero-order valence-corrected chi connectivity index (χ0v) is 10.7. The van der Waals surface area contributed by atoms with Crippen LogP contribution in [-0.4, -0.2) is 41.3 Å². The Morgan fingerprint density at radius 2 is 2.17 bits per heavy atom. The van der Waals surface area contributed by atoms with Crippen LogP contribution < -0.4 is 4.74 Å². The molecule has 0 heterocycles. The lowest BCUT2D eigenvalue weighted by atomic mass is 10.1. The van der Waals surface area contributed by atoms with Gasteiger partial charge in [-0.3, -0.25) is 9.69 Å². The summed E-state index contributed by atoms with van der Waals surface area (Å²) in [7, 11) is 1.50. The fraction of sp³-hybridized carbons (Fsp3) is 0.462. The predicted molar refractivity (Wildman–Crippen MR) is 67.9 cm³/mol. The van der Waals surface area contributed by atoms with Crippen molar-refractivity contribution in [3.8, 4) is 11.5 Å². The number of hydrogen-bond acceptors (Lipinski definition) is 4. The predicted octanol–water partition coefficient (Wildman–Crippen LogP) is 1.70. The van der Waals surface area contributed by atoms with Crippen molar-refractivity contribution in [2.45, 2.75) is 19.9 Å². The number of aliphatic carboxylic acids is 1. The molecule has 5 heteroatoms. The van der Waals surface area contributed by atoms with Gasteiger partial charge in [0.05, 0.1) is 13.5 Å². The number of carbonyl (C=O) groups is 1. The first-order chi connectivity index (χ1) is 8.58. The van der Waals surface area contributed by atoms with E-state index in [4.69, 9.17) is 9.84 Å². The number of carboxylic acid groups (broad SMARTS) is 1. The number of methoxy groups -OCH3 is 1. The molecule has 0 saturated heterocycles. The second kappa shape index (κ2) is 6.86. The molecule has 0 bridgehead atoms. The summed E-state index contributed by atoms with van der Waals surface area (Å²) >= 11 is 0. The molecule has 1 aromatic carbocycles. The molecular weight excluding hydrogens is 234 g/mol. The summed E-state index contributed by atoms with van der Waals surface area (Å²) in [6.45, 7) is 3.65. The highest BCUT2D eigenvalue weighted by Crippen LogP contribution is 2.30. The largest absolute Gasteiger partial charge is 0.504 e. The van der Waals surface area contributed by atoms with E-state index in [-0.39, 0.29) is 12.2 Å². The van der Waals surface area contributed by atoms with E-state index in [1.807, 2.05) is 11.8 Å². The summed E-state index contributed by atoms with van der Waals surface area (Å²) in [5.74, 6) is -0.265. The highest BCUT2D eigenvalue weighted by Gasteiger charge is 2.11. The minimum atomic E-state index is -0.816. The number of hydrogen-bond donors (Lipinski definition) is 2. The molecule has 0 aliphatic heterocycles. The molecule has 0 radical (unpaired) electrons. The standard InChI is InChI=1S/C13H19NO4/c1-3-14(8-7-12(15)16)9-10-5-4-6-11(18-2)13(10)17/h4-6,17H,3,7-9H2,1-2H3,(H,15,16). The fourth-order valence-electron chi connectivity index (χ4n) is 1.70. The molecule has 5 nitrogen and oxygen atoms in total. The summed E-state index contributed by atoms with van der Waals surface area (Å²) < 4.78 is 5.04. The Morgan fingerprint density at radius 3 is 2.72 bits per heavy atom. The van der Waals surface area contributed by atoms with Crippen LogP contribution >= 0.6 is 0 Å². The third kappa shape index (κ3) is 3.92. The third-order valence-electron chi connectivity index (χ3n) is 2.79. The molecule has 18 heavy (non-hydrogen) atoms. The molecule has 0 amide bonds. The van der Waals surface area contributed by atoms with E-state index in [9.17, 15) is 9.90 Å². The average Bonchev–Trinajstić information content (AvgIpc) is 2.36. The number of carboxylic acids is 1. The van der Waals surface area contributed by atoms with Gasteiger partial charge in [0, 0.05) is 18.7 Å². The smallest absolute Gasteiger partial charge is 0.304 e. The van der Waals surface area contributed by atoms with Crippen LogP contribution in [-0.2, 0) is 11.3 Å². The molecule has 0 fully saturated rings. The number of nitrogens with zero attached hydrogens (tertiary/aromatic N) is 1. The molecule has 0 aromatic heterocycles. The van der Waals surface area contributed by atoms with Gasteiger partial charge in [-0.25, -0.2) is 0 Å². The van der Waals surface area contributed by atoms with Crippen molar-refractivity contribution in [1.82, 2.24) is 4.90 Å². The van der Waals surface area contributed by atoms with Crippen molar-refractivity contribution < 1.29 is 19.7 Å². The van der Waals surface area contributed by atoms with Gasteiger partial charge in [0.25, 0.3) is 0 Å². The van der Waals surface area contributed by atoms with E-state index >= 15 is 0 Å². The molecule has 0 saturated carbocycles. The van der Waals surface area contributed by atoms with Crippen LogP contribution in [0.4, 0.5) is 0 Å². The van der Waals surface area contributed by atoms with Crippen LogP contribution in [0.25, 0.3) is 0 Å². The van der Waals surface area contributed by atoms with Gasteiger partial charge in [-0.05, 0) is 12.6 Å². The second-order valence-electron chi connectivity index (χ2n) is 3.98. The first-order valence-corrected chi connectivity index (χ1v) is 5.87. The summed E-state index contributed by atoms with van der Waals surface area (Å²) in [4.78, 5) is 12.5. The van der Waals surface area contributed by atoms with Crippen molar-refractivity contribution in [2.24, 2.45) is 0 Å². The maximum atomic E-state index is 10.5. The second-order valence-corrected chi connectivity index (χ2v) is 3.98. The fourth-order valence-corrected chi connectivity index (χ4v) is 1.70. The molecule has 100 valence electrons. The maximum Gasteiger partial charge on any atom is 0.304 e. The molecule has 0 aliphatic rings. The molecule has 0 unspecified atom stereocenters. The Morgan fingerprint density at radius 1 is 1.44 bits per heavy atom. The zero-order valence-electron chi connectivity index (χ0n) is 10.7. The Bertz CT molecular complexity index is 406. The highest BCUT2D eigenvalue weighted by molar-refractivity contribution is 5.66. The molecule has 2 N–H and O–H groups in total. The van der Waals surface area contributed by atoms with E-state index in [2.05, 4.69) is 0 Å². The number of aromatic hydroxyl groups is 1. The Labute approximate surface area is 107 Å². The molecule has 0 spiro atoms. The molecule has 0 atom stereocenters. The Kier molecular flexibility index (Phi) is 5.45. The average molecular weight is 253 g/mol. The van der Waals surface area contributed by atoms with Crippen LogP contribution in [0, 0.1) is 0 Å². The maximum absolute atomic E-state index is 10.5. The van der Waals surface area contributed by atoms with Gasteiger partial charge in [-0.15, -0.1) is 0 Å². The third-order valence-corrected chi connectivity index (χ3v) is 2.79. The number of phenols is 1. The molecule has 1 aromatic rings. The number of rotatable bonds is 7. The Hall–Kier alpha value is -1.75. The van der Waals surface area contributed by atoms with Crippen molar-refractivity contribution in [2.75, 3.05) is 20.2 Å². The van der Waals surface area contributed by atoms with Crippen LogP contribution in [0.1, 0.15) is 18.9 Å². The highest BCUT2D eigenvalue weighted by atomic mass is 16.5. The summed E-state index contributed by atoms with van der Waals surface area (Å²) in [5.41, 5.74) is 0.738. The minimum Gasteiger partial charge on any atom is -0.504 e. The van der Waals surface area contributed by atoms with E-state index in [1.165, 1.54) is 7.11 Å². The van der Waals surface area contributed by atoms with Gasteiger partial charge in [-0.1, -0.05) is 19.1 Å². The van der Waals surface area contributed by atoms with Crippen molar-refractivity contribution >= 4 is 5.97 Å². The van der Waals surface area contributed by atoms with Crippen molar-refractivity contribution in [3.63, 3.8) is 0 Å². The minimum absolute atomic E-state index is 0.0958. The lowest BCUT2D eigenvalue weighted by Crippen LogP contribution is -2.25. The van der Waals surface area contributed by atoms with Crippen molar-refractivity contribution in [3.05, 3.63) is 23.8 Å². The van der Waals surface area contributed by atoms with Gasteiger partial charge in [0.2, 0.25) is 0 Å². The van der Waals surface area contributed by atoms with Gasteiger partial charge in [0.15, 0.2) is 11.5 Å². The number of ether oxygens (including phenoxy) is 1. The summed E-state index contributed by atoms with van der Waals surface area (Å²) in [6.07, 6.45) is 0.0958. The topological polar surface area (TPSA) is 70.0 Å². The van der Waals surface area contributed by atoms with Gasteiger partial charge < -0.3 is 14.9 Å². The van der Waals surface area contributed by atoms with Gasteiger partial charge in [0.1, 0.15) is 0 Å². The summed E-state index contributed by atoms with van der Waals surface area (Å²) in [6, 6.07) is 5.30. The number of phenolic OH excluding ortho intramolecular Hbond substituents is 1. The first kappa shape index (κ1) is 14.3. The number of benzene rings is 1. The van der Waals surface area contributed by atoms with Gasteiger partial charge in [-0.2, -0.15) is 0 Å². The zero-order chi connectivity index (χ0) is 13.5. The Balaban J connectivity index is 2.72. The SMILES string of the molecule is CCN(CCC(=O)O)Cc1cccc(OC)c1O. The molecular formula is C13H19NO4. The van der Waals surface area contributed by atoms with Crippen LogP contribution in [0.15, 0.2) is 18.2 Å². The van der Waals surface area contributed by atoms with E-state index in [1.54, 1.807) is 18.2 Å². The van der Waals surface area contributed by atoms with Crippen LogP contribution in [0.3, 0.4) is 0 Å². The van der Waals surface area contributed by atoms with E-state index in [0.717, 1.165) is 12.1 Å². The molecule has 0 aliphatic carbocycles. The quantitative estimate of drug-likeness (QED) is 0.774. The lowest BCUT2D eigenvalue weighted by molar-refractivity contribution is -0.137. The number of para-hydroxylation sites is 1. The normalized spacial score (nSPS) is 10.6. The van der Waals surface area contributed by atoms with Gasteiger partial charge >= 0.3 is 5.97 Å². The van der Waals surface area contributed by atoms with Crippen LogP contribution in [0.2, 0.25) is 0 Å². The molecule has 1 rings (SSSR count). The van der Waals surface area contributed by atoms with E-state index < -0.39 is 5.97 Å². The van der Waals surface area contributed by atoms with Crippen molar-refractivity contribution in [1.29, 1.82) is 0 Å².